The molecule has 1 saturated carbocycles. The first-order valence-electron chi connectivity index (χ1n) is 26.5. The van der Waals surface area contributed by atoms with E-state index < -0.39 is 126 Å². The number of aromatic nitrogens is 2. The van der Waals surface area contributed by atoms with Crippen LogP contribution >= 0.6 is 0 Å². The number of esters is 1. The third kappa shape index (κ3) is 11.6. The van der Waals surface area contributed by atoms with Crippen molar-refractivity contribution in [1.29, 1.82) is 0 Å². The number of carbonyl (C=O) groups is 10. The molecule has 5 aliphatic rings. The van der Waals surface area contributed by atoms with E-state index in [4.69, 9.17) is 19.6 Å². The maximum atomic E-state index is 15.5. The fourth-order valence-corrected chi connectivity index (χ4v) is 11.2. The van der Waals surface area contributed by atoms with Gasteiger partial charge in [-0.05, 0) is 79.5 Å². The lowest BCUT2D eigenvalue weighted by molar-refractivity contribution is -0.172. The van der Waals surface area contributed by atoms with Crippen molar-refractivity contribution >= 4 is 69.9 Å². The van der Waals surface area contributed by atoms with E-state index in [9.17, 15) is 57.8 Å². The number of hydrogen-bond donors (Lipinski definition) is 9. The number of carboxylic acid groups (broad SMARTS) is 1. The fourth-order valence-electron chi connectivity index (χ4n) is 11.2. The van der Waals surface area contributed by atoms with E-state index in [2.05, 4.69) is 37.2 Å². The van der Waals surface area contributed by atoms with Gasteiger partial charge in [-0.15, -0.1) is 0 Å². The molecule has 2 aromatic heterocycles. The Bertz CT molecular complexity index is 3380. The highest BCUT2D eigenvalue weighted by Crippen LogP contribution is 2.48. The fraction of sp³-hybridized carbons (Fsp3) is 0.429. The molecule has 0 radical (unpaired) electrons. The largest absolute Gasteiger partial charge is 0.480 e. The molecule has 1 fully saturated rings. The van der Waals surface area contributed by atoms with E-state index in [1.165, 1.54) is 10.6 Å². The van der Waals surface area contributed by atoms with Crippen molar-refractivity contribution in [1.82, 2.24) is 46.8 Å². The quantitative estimate of drug-likeness (QED) is 0.0174. The number of cyclic esters (lactones) is 1. The standard InChI is InChI=1S/C56H60FN9O15/c1-3-56(79)34-17-39-49-32(24-66(39)52(76)33(34)25-81-54(56)78)47-36(11-10-30-28(2)35(57)18-37(64-49)46(30)47)65-53(77)55(14-7-15-55)26-80-27-62-43(70)21-61-51(75)38(16-29-8-5-4-6-9-29)63-44(71)22-59-42(69)20-60-50(74)31(19-58-23-45(72)73)48-40(67)12-13-41(48)68/h4-6,8-9,12-13,17-18,31,36,38,48,58,79H,3,7,10-11,14-16,19-27H2,1-2H3,(H,59,69)(H,60,74)(H,61,75)(H,62,70)(H,63,71)(H,65,77)(H,72,73)/t31-,36+,38+,56+/m1/s1. The molecule has 9 rings (SSSR count). The van der Waals surface area contributed by atoms with Crippen molar-refractivity contribution in [2.75, 3.05) is 46.1 Å². The molecule has 25 heteroatoms. The number of ketones is 2. The van der Waals surface area contributed by atoms with Gasteiger partial charge in [-0.1, -0.05) is 43.7 Å². The van der Waals surface area contributed by atoms with Crippen molar-refractivity contribution in [2.45, 2.75) is 89.6 Å². The molecule has 9 N–H and O–H groups in total. The predicted octanol–water partition coefficient (Wildman–Crippen LogP) is -0.418. The molecule has 0 saturated heterocycles. The number of amides is 6. The smallest absolute Gasteiger partial charge is 0.343 e. The van der Waals surface area contributed by atoms with Crippen LogP contribution < -0.4 is 42.8 Å². The molecular formula is C56H60FN9O15. The second-order valence-electron chi connectivity index (χ2n) is 20.9. The Balaban J connectivity index is 0.786. The first-order chi connectivity index (χ1) is 38.7. The van der Waals surface area contributed by atoms with Gasteiger partial charge in [0.25, 0.3) is 5.56 Å². The van der Waals surface area contributed by atoms with Gasteiger partial charge >= 0.3 is 11.9 Å². The van der Waals surface area contributed by atoms with Gasteiger partial charge in [0, 0.05) is 35.5 Å². The van der Waals surface area contributed by atoms with Crippen molar-refractivity contribution < 1.29 is 72.0 Å². The number of halogens is 1. The van der Waals surface area contributed by atoms with Crippen LogP contribution in [0.1, 0.15) is 84.0 Å². The summed E-state index contributed by atoms with van der Waals surface area (Å²) >= 11 is 0. The lowest BCUT2D eigenvalue weighted by Crippen LogP contribution is -2.53. The molecule has 2 aromatic carbocycles. The zero-order valence-corrected chi connectivity index (χ0v) is 44.3. The molecule has 0 spiro atoms. The van der Waals surface area contributed by atoms with Crippen LogP contribution in [-0.4, -0.2) is 131 Å². The van der Waals surface area contributed by atoms with Crippen LogP contribution in [0.4, 0.5) is 4.39 Å². The summed E-state index contributed by atoms with van der Waals surface area (Å²) in [4.78, 5) is 147. The number of fused-ring (bicyclic) bond motifs is 5. The molecule has 81 heavy (non-hydrogen) atoms. The summed E-state index contributed by atoms with van der Waals surface area (Å²) in [5.41, 5.74) is 1.02. The summed E-state index contributed by atoms with van der Waals surface area (Å²) in [5.74, 6) is -10.9. The van der Waals surface area contributed by atoms with E-state index >= 15 is 4.39 Å². The highest BCUT2D eigenvalue weighted by molar-refractivity contribution is 6.20. The highest BCUT2D eigenvalue weighted by Gasteiger charge is 2.48. The molecule has 3 aliphatic carbocycles. The monoisotopic (exact) mass is 1120 g/mol. The van der Waals surface area contributed by atoms with Crippen LogP contribution in [0.3, 0.4) is 0 Å². The van der Waals surface area contributed by atoms with Gasteiger partial charge in [-0.2, -0.15) is 0 Å². The van der Waals surface area contributed by atoms with Crippen LogP contribution in [-0.2, 0) is 89.0 Å². The normalized spacial score (nSPS) is 19.0. The molecule has 426 valence electrons. The summed E-state index contributed by atoms with van der Waals surface area (Å²) in [5, 5.41) is 39.0. The third-order valence-electron chi connectivity index (χ3n) is 15.9. The molecule has 0 bridgehead atoms. The minimum atomic E-state index is -2.06. The number of aliphatic carboxylic acids is 1. The van der Waals surface area contributed by atoms with Crippen LogP contribution in [0.25, 0.3) is 22.3 Å². The Labute approximate surface area is 461 Å². The number of carbonyl (C=O) groups excluding carboxylic acids is 9. The Morgan fingerprint density at radius 1 is 0.877 bits per heavy atom. The van der Waals surface area contributed by atoms with Crippen molar-refractivity contribution in [3.05, 3.63) is 110 Å². The maximum absolute atomic E-state index is 15.5. The Kier molecular flexibility index (Phi) is 16.7. The number of aliphatic hydroxyl groups is 1. The SMILES string of the molecule is CC[C@@]1(O)C(=O)OCc2c1cc1n(c2=O)Cc2c-1nc1cc(F)c(C)c3c1c2[C@@H](NC(=O)C1(COCNC(=O)CNC(=O)[C@H](Cc2ccccc2)NC(=O)CNC(=O)CNC(=O)[C@H](CNCC(=O)O)C2C(=O)C=CC2=O)CCC1)CC3. The van der Waals surface area contributed by atoms with Crippen LogP contribution in [0, 0.1) is 30.0 Å². The zero-order valence-electron chi connectivity index (χ0n) is 44.3. The van der Waals surface area contributed by atoms with Crippen LogP contribution in [0.2, 0.25) is 0 Å². The molecule has 4 aromatic rings. The first-order valence-corrected chi connectivity index (χ1v) is 26.5. The average molecular weight is 1120 g/mol. The summed E-state index contributed by atoms with van der Waals surface area (Å²) < 4.78 is 28.2. The van der Waals surface area contributed by atoms with E-state index in [1.807, 2.05) is 0 Å². The number of aryl methyl sites for hydroxylation is 1. The Hall–Kier alpha value is -8.55. The molecule has 24 nitrogen and oxygen atoms in total. The topological polar surface area (TPSA) is 349 Å². The number of nitrogens with one attached hydrogen (secondary N) is 7. The van der Waals surface area contributed by atoms with E-state index in [0.717, 1.165) is 24.1 Å². The van der Waals surface area contributed by atoms with Gasteiger partial charge in [0.05, 0.1) is 85.1 Å². The Morgan fingerprint density at radius 2 is 1.57 bits per heavy atom. The van der Waals surface area contributed by atoms with Gasteiger partial charge in [0.2, 0.25) is 35.4 Å². The summed E-state index contributed by atoms with van der Waals surface area (Å²) in [6, 6.07) is 9.73. The Morgan fingerprint density at radius 3 is 2.25 bits per heavy atom. The number of ether oxygens (including phenoxy) is 2. The highest BCUT2D eigenvalue weighted by atomic mass is 19.1. The summed E-state index contributed by atoms with van der Waals surface area (Å²) in [6.07, 6.45) is 4.46. The minimum absolute atomic E-state index is 0.0131. The molecule has 0 unspecified atom stereocenters. The van der Waals surface area contributed by atoms with Crippen LogP contribution in [0.15, 0.2) is 59.4 Å². The van der Waals surface area contributed by atoms with Crippen molar-refractivity contribution in [3.63, 3.8) is 0 Å². The first kappa shape index (κ1) is 57.1. The number of rotatable bonds is 23. The number of allylic oxidation sites excluding steroid dienone is 2. The van der Waals surface area contributed by atoms with Gasteiger partial charge in [0.15, 0.2) is 17.2 Å². The predicted molar refractivity (Wildman–Crippen MR) is 281 cm³/mol. The third-order valence-corrected chi connectivity index (χ3v) is 15.9. The number of hydrogen-bond acceptors (Lipinski definition) is 16. The second kappa shape index (κ2) is 23.7. The minimum Gasteiger partial charge on any atom is -0.480 e. The van der Waals surface area contributed by atoms with E-state index in [0.29, 0.717) is 70.2 Å². The summed E-state index contributed by atoms with van der Waals surface area (Å²) in [6.45, 7) is -0.136. The van der Waals surface area contributed by atoms with E-state index in [-0.39, 0.29) is 62.9 Å². The van der Waals surface area contributed by atoms with Crippen molar-refractivity contribution in [3.8, 4) is 11.4 Å². The average Bonchev–Trinajstić information content (AvgIpc) is 4.19. The van der Waals surface area contributed by atoms with Crippen LogP contribution in [0.5, 0.6) is 0 Å². The number of nitrogens with zero attached hydrogens (tertiary/aromatic N) is 2. The van der Waals surface area contributed by atoms with Gasteiger partial charge in [-0.3, -0.25) is 47.9 Å². The molecule has 2 aliphatic heterocycles. The number of pyridine rings is 2. The number of benzene rings is 2. The lowest BCUT2D eigenvalue weighted by atomic mass is 9.68. The van der Waals surface area contributed by atoms with Gasteiger partial charge < -0.3 is 61.5 Å². The molecular weight excluding hydrogens is 1060 g/mol. The molecule has 4 heterocycles. The number of carboxylic acids is 1. The lowest BCUT2D eigenvalue weighted by Gasteiger charge is -2.41. The van der Waals surface area contributed by atoms with Gasteiger partial charge in [-0.25, -0.2) is 14.2 Å². The summed E-state index contributed by atoms with van der Waals surface area (Å²) in [7, 11) is 0. The molecule has 4 atom stereocenters. The van der Waals surface area contributed by atoms with Crippen molar-refractivity contribution in [2.24, 2.45) is 17.3 Å². The van der Waals surface area contributed by atoms with Gasteiger partial charge in [0.1, 0.15) is 25.2 Å². The second-order valence-corrected chi connectivity index (χ2v) is 20.9. The zero-order chi connectivity index (χ0) is 57.9. The molecule has 6 amide bonds. The van der Waals surface area contributed by atoms with E-state index in [1.54, 1.807) is 50.2 Å². The maximum Gasteiger partial charge on any atom is 0.343 e.